The zero-order valence-corrected chi connectivity index (χ0v) is 12.4. The summed E-state index contributed by atoms with van der Waals surface area (Å²) in [5, 5.41) is 3.71. The third kappa shape index (κ3) is 3.95. The monoisotopic (exact) mass is 263 g/mol. The van der Waals surface area contributed by atoms with E-state index in [1.807, 2.05) is 12.1 Å². The van der Waals surface area contributed by atoms with Gasteiger partial charge < -0.3 is 14.8 Å². The second kappa shape index (κ2) is 5.93. The highest BCUT2D eigenvalue weighted by Crippen LogP contribution is 2.26. The Hall–Kier alpha value is -1.06. The van der Waals surface area contributed by atoms with Crippen LogP contribution in [0.1, 0.15) is 45.2 Å². The molecule has 0 radical (unpaired) electrons. The van der Waals surface area contributed by atoms with Crippen LogP contribution >= 0.6 is 0 Å². The van der Waals surface area contributed by atoms with E-state index in [9.17, 15) is 0 Å². The van der Waals surface area contributed by atoms with Crippen molar-refractivity contribution in [2.24, 2.45) is 0 Å². The first-order valence-electron chi connectivity index (χ1n) is 7.04. The van der Waals surface area contributed by atoms with E-state index in [1.165, 1.54) is 5.56 Å². The van der Waals surface area contributed by atoms with Gasteiger partial charge >= 0.3 is 0 Å². The molecule has 1 aromatic rings. The molecule has 2 rings (SSSR count). The van der Waals surface area contributed by atoms with E-state index >= 15 is 0 Å². The van der Waals surface area contributed by atoms with Crippen molar-refractivity contribution < 1.29 is 9.47 Å². The fourth-order valence-corrected chi connectivity index (χ4v) is 2.72. The molecule has 0 amide bonds. The molecule has 3 heteroatoms. The second-order valence-corrected chi connectivity index (χ2v) is 5.96. The van der Waals surface area contributed by atoms with Gasteiger partial charge in [0.15, 0.2) is 0 Å². The van der Waals surface area contributed by atoms with Crippen LogP contribution in [0.2, 0.25) is 0 Å². The normalized spacial score (nSPS) is 23.9. The highest BCUT2D eigenvalue weighted by atomic mass is 16.5. The smallest absolute Gasteiger partial charge is 0.118 e. The molecular weight excluding hydrogens is 238 g/mol. The van der Waals surface area contributed by atoms with Crippen LogP contribution in [0, 0.1) is 0 Å². The molecule has 1 aromatic carbocycles. The molecule has 1 unspecified atom stereocenters. The molecule has 3 nitrogen and oxygen atoms in total. The van der Waals surface area contributed by atoms with Gasteiger partial charge in [-0.15, -0.1) is 0 Å². The predicted molar refractivity (Wildman–Crippen MR) is 77.6 cm³/mol. The Morgan fingerprint density at radius 1 is 1.32 bits per heavy atom. The van der Waals surface area contributed by atoms with Crippen LogP contribution in [0.25, 0.3) is 0 Å². The van der Waals surface area contributed by atoms with Crippen LogP contribution in [0.3, 0.4) is 0 Å². The van der Waals surface area contributed by atoms with Gasteiger partial charge in [0.1, 0.15) is 5.75 Å². The minimum absolute atomic E-state index is 0.00442. The number of nitrogens with one attached hydrogen (secondary N) is 1. The Kier molecular flexibility index (Phi) is 4.48. The number of rotatable bonds is 4. The Morgan fingerprint density at radius 2 is 2.00 bits per heavy atom. The minimum Gasteiger partial charge on any atom is -0.497 e. The average molecular weight is 263 g/mol. The Labute approximate surface area is 116 Å². The van der Waals surface area contributed by atoms with Gasteiger partial charge in [-0.2, -0.15) is 0 Å². The lowest BCUT2D eigenvalue weighted by molar-refractivity contribution is -0.0639. The van der Waals surface area contributed by atoms with Crippen LogP contribution in [0.4, 0.5) is 0 Å². The summed E-state index contributed by atoms with van der Waals surface area (Å²) in [6.07, 6.45) is 2.15. The number of methoxy groups -OCH3 is 1. The molecule has 1 N–H and O–H groups in total. The maximum absolute atomic E-state index is 5.76. The van der Waals surface area contributed by atoms with Gasteiger partial charge in [0, 0.05) is 18.7 Å². The summed E-state index contributed by atoms with van der Waals surface area (Å²) in [6, 6.07) is 9.16. The lowest BCUT2D eigenvalue weighted by Crippen LogP contribution is -2.44. The summed E-state index contributed by atoms with van der Waals surface area (Å²) in [6.45, 7) is 7.39. The average Bonchev–Trinajstić information content (AvgIpc) is 2.37. The molecule has 0 aliphatic carbocycles. The van der Waals surface area contributed by atoms with Crippen LogP contribution in [0.15, 0.2) is 24.3 Å². The second-order valence-electron chi connectivity index (χ2n) is 5.96. The summed E-state index contributed by atoms with van der Waals surface area (Å²) in [4.78, 5) is 0. The third-order valence-corrected chi connectivity index (χ3v) is 3.80. The Bertz CT molecular complexity index is 400. The van der Waals surface area contributed by atoms with Gasteiger partial charge in [-0.1, -0.05) is 12.1 Å². The number of hydrogen-bond acceptors (Lipinski definition) is 3. The Balaban J connectivity index is 1.94. The van der Waals surface area contributed by atoms with E-state index in [4.69, 9.17) is 9.47 Å². The van der Waals surface area contributed by atoms with Crippen LogP contribution in [-0.2, 0) is 4.74 Å². The summed E-state index contributed by atoms with van der Waals surface area (Å²) in [5.41, 5.74) is 1.29. The summed E-state index contributed by atoms with van der Waals surface area (Å²) in [7, 11) is 1.70. The summed E-state index contributed by atoms with van der Waals surface area (Å²) < 4.78 is 10.9. The van der Waals surface area contributed by atoms with Crippen molar-refractivity contribution in [3.05, 3.63) is 29.8 Å². The van der Waals surface area contributed by atoms with Crippen LogP contribution in [-0.4, -0.2) is 25.4 Å². The van der Waals surface area contributed by atoms with Crippen LogP contribution in [0.5, 0.6) is 5.75 Å². The lowest BCUT2D eigenvalue weighted by Gasteiger charge is -2.37. The Morgan fingerprint density at radius 3 is 2.58 bits per heavy atom. The first-order valence-corrected chi connectivity index (χ1v) is 7.04. The summed E-state index contributed by atoms with van der Waals surface area (Å²) >= 11 is 0. The molecule has 0 bridgehead atoms. The van der Waals surface area contributed by atoms with Gasteiger partial charge in [-0.25, -0.2) is 0 Å². The minimum atomic E-state index is -0.00442. The molecule has 1 saturated heterocycles. The maximum Gasteiger partial charge on any atom is 0.118 e. The van der Waals surface area contributed by atoms with E-state index in [-0.39, 0.29) is 5.60 Å². The number of ether oxygens (including phenoxy) is 2. The van der Waals surface area contributed by atoms with Crippen LogP contribution < -0.4 is 10.1 Å². The molecule has 0 saturated carbocycles. The van der Waals surface area contributed by atoms with Crippen molar-refractivity contribution in [2.75, 3.05) is 13.7 Å². The molecule has 1 heterocycles. The number of hydrogen-bond donors (Lipinski definition) is 1. The van der Waals surface area contributed by atoms with E-state index in [1.54, 1.807) is 7.11 Å². The highest BCUT2D eigenvalue weighted by Gasteiger charge is 2.29. The standard InChI is InChI=1S/C16H25NO2/c1-12(13-5-7-15(18-4)8-6-13)17-14-9-10-19-16(2,3)11-14/h5-8,12,14,17H,9-11H2,1-4H3/t12-,14?/m1/s1. The van der Waals surface area contributed by atoms with E-state index in [2.05, 4.69) is 38.2 Å². The van der Waals surface area contributed by atoms with Crippen molar-refractivity contribution >= 4 is 0 Å². The van der Waals surface area contributed by atoms with E-state index < -0.39 is 0 Å². The van der Waals surface area contributed by atoms with Gasteiger partial charge in [0.2, 0.25) is 0 Å². The molecule has 1 fully saturated rings. The quantitative estimate of drug-likeness (QED) is 0.904. The zero-order chi connectivity index (χ0) is 13.9. The van der Waals surface area contributed by atoms with E-state index in [0.29, 0.717) is 12.1 Å². The number of benzene rings is 1. The molecule has 106 valence electrons. The van der Waals surface area contributed by atoms with Gasteiger partial charge in [0.05, 0.1) is 12.7 Å². The van der Waals surface area contributed by atoms with Gasteiger partial charge in [-0.3, -0.25) is 0 Å². The SMILES string of the molecule is COc1ccc([C@@H](C)NC2CCOC(C)(C)C2)cc1. The molecular formula is C16H25NO2. The first-order chi connectivity index (χ1) is 9.00. The van der Waals surface area contributed by atoms with Crippen molar-refractivity contribution in [3.8, 4) is 5.75 Å². The lowest BCUT2D eigenvalue weighted by atomic mass is 9.93. The predicted octanol–water partition coefficient (Wildman–Crippen LogP) is 3.30. The molecule has 0 spiro atoms. The van der Waals surface area contributed by atoms with E-state index in [0.717, 1.165) is 25.2 Å². The zero-order valence-electron chi connectivity index (χ0n) is 12.4. The topological polar surface area (TPSA) is 30.5 Å². The van der Waals surface area contributed by atoms with Crippen molar-refractivity contribution in [3.63, 3.8) is 0 Å². The first kappa shape index (κ1) is 14.4. The highest BCUT2D eigenvalue weighted by molar-refractivity contribution is 5.28. The molecule has 2 atom stereocenters. The molecule has 0 aromatic heterocycles. The molecule has 1 aliphatic heterocycles. The summed E-state index contributed by atoms with van der Waals surface area (Å²) in [5.74, 6) is 0.906. The maximum atomic E-state index is 5.76. The van der Waals surface area contributed by atoms with Crippen molar-refractivity contribution in [1.29, 1.82) is 0 Å². The fourth-order valence-electron chi connectivity index (χ4n) is 2.72. The fraction of sp³-hybridized carbons (Fsp3) is 0.625. The molecule has 1 aliphatic rings. The largest absolute Gasteiger partial charge is 0.497 e. The van der Waals surface area contributed by atoms with Crippen molar-refractivity contribution in [1.82, 2.24) is 5.32 Å². The third-order valence-electron chi connectivity index (χ3n) is 3.80. The van der Waals surface area contributed by atoms with Gasteiger partial charge in [-0.05, 0) is 51.3 Å². The molecule has 19 heavy (non-hydrogen) atoms. The van der Waals surface area contributed by atoms with Crippen molar-refractivity contribution in [2.45, 2.75) is 51.3 Å². The van der Waals surface area contributed by atoms with Gasteiger partial charge in [0.25, 0.3) is 0 Å².